The highest BCUT2D eigenvalue weighted by molar-refractivity contribution is 5.98. The lowest BCUT2D eigenvalue weighted by atomic mass is 9.61. The number of benzene rings is 7. The zero-order valence-electron chi connectivity index (χ0n) is 33.6. The molecule has 0 spiro atoms. The van der Waals surface area contributed by atoms with E-state index >= 15 is 0 Å². The fraction of sp³-hybridized carbons (Fsp3) is 0.259. The standard InChI is InChI=1S/C54H51N/c1-51(2)28-29-52(3,4)50-41(20-15-23-46(50)51)43-32-42-39-19-12-14-22-45(39)54(7,8)48(42)33-49(43)55(36-25-24-34-16-9-10-17-35(34)30-36)37-26-27-40-38-18-11-13-21-44(38)53(5,6)47(40)31-37/h9-27,30-33H,28-29H2,1-8H3. The number of hydrogen-bond donors (Lipinski definition) is 0. The van der Waals surface area contributed by atoms with E-state index in [2.05, 4.69) is 200 Å². The minimum Gasteiger partial charge on any atom is -0.310 e. The van der Waals surface area contributed by atoms with Gasteiger partial charge in [0.1, 0.15) is 0 Å². The molecule has 272 valence electrons. The zero-order valence-corrected chi connectivity index (χ0v) is 33.6. The Kier molecular flexibility index (Phi) is 7.17. The quantitative estimate of drug-likeness (QED) is 0.176. The smallest absolute Gasteiger partial charge is 0.0543 e. The Hall–Kier alpha value is -5.40. The normalized spacial score (nSPS) is 17.5. The van der Waals surface area contributed by atoms with E-state index < -0.39 is 0 Å². The van der Waals surface area contributed by atoms with E-state index in [1.807, 2.05) is 0 Å². The molecule has 0 atom stereocenters. The van der Waals surface area contributed by atoms with Crippen LogP contribution < -0.4 is 4.90 Å². The van der Waals surface area contributed by atoms with Gasteiger partial charge >= 0.3 is 0 Å². The van der Waals surface area contributed by atoms with Crippen molar-refractivity contribution in [2.45, 2.75) is 89.9 Å². The Morgan fingerprint density at radius 1 is 0.364 bits per heavy atom. The van der Waals surface area contributed by atoms with Crippen LogP contribution in [0.1, 0.15) is 102 Å². The summed E-state index contributed by atoms with van der Waals surface area (Å²) in [5, 5.41) is 2.50. The lowest BCUT2D eigenvalue weighted by molar-refractivity contribution is 0.333. The van der Waals surface area contributed by atoms with E-state index in [4.69, 9.17) is 0 Å². The van der Waals surface area contributed by atoms with Crippen LogP contribution >= 0.6 is 0 Å². The molecule has 3 aliphatic rings. The molecule has 0 radical (unpaired) electrons. The fourth-order valence-corrected chi connectivity index (χ4v) is 10.7. The molecule has 7 aromatic carbocycles. The predicted molar refractivity (Wildman–Crippen MR) is 234 cm³/mol. The van der Waals surface area contributed by atoms with Crippen LogP contribution in [0, 0.1) is 0 Å². The maximum atomic E-state index is 2.58. The Morgan fingerprint density at radius 3 is 1.62 bits per heavy atom. The molecule has 0 aromatic heterocycles. The van der Waals surface area contributed by atoms with Gasteiger partial charge in [-0.05, 0) is 132 Å². The van der Waals surface area contributed by atoms with Crippen LogP contribution in [0.15, 0.2) is 140 Å². The molecule has 3 aliphatic carbocycles. The molecule has 0 saturated heterocycles. The molecule has 10 rings (SSSR count). The maximum Gasteiger partial charge on any atom is 0.0543 e. The minimum atomic E-state index is -0.146. The van der Waals surface area contributed by atoms with Crippen LogP contribution in [0.4, 0.5) is 17.1 Å². The number of rotatable bonds is 4. The third kappa shape index (κ3) is 4.91. The summed E-state index contributed by atoms with van der Waals surface area (Å²) in [5.74, 6) is 0. The topological polar surface area (TPSA) is 3.24 Å². The molecular weight excluding hydrogens is 663 g/mol. The van der Waals surface area contributed by atoms with Gasteiger partial charge in [-0.2, -0.15) is 0 Å². The van der Waals surface area contributed by atoms with Crippen molar-refractivity contribution >= 4 is 27.8 Å². The first-order chi connectivity index (χ1) is 26.3. The number of fused-ring (bicyclic) bond motifs is 8. The van der Waals surface area contributed by atoms with Crippen molar-refractivity contribution in [2.24, 2.45) is 0 Å². The van der Waals surface area contributed by atoms with E-state index in [0.717, 1.165) is 6.42 Å². The van der Waals surface area contributed by atoms with Crippen LogP contribution in [-0.2, 0) is 21.7 Å². The Morgan fingerprint density at radius 2 is 0.891 bits per heavy atom. The summed E-state index contributed by atoms with van der Waals surface area (Å²) >= 11 is 0. The molecule has 0 saturated carbocycles. The summed E-state index contributed by atoms with van der Waals surface area (Å²) in [5.41, 5.74) is 20.1. The molecule has 0 bridgehead atoms. The summed E-state index contributed by atoms with van der Waals surface area (Å²) in [7, 11) is 0. The van der Waals surface area contributed by atoms with Crippen molar-refractivity contribution in [3.8, 4) is 33.4 Å². The first kappa shape index (κ1) is 34.1. The molecule has 1 heteroatoms. The van der Waals surface area contributed by atoms with E-state index in [0.29, 0.717) is 0 Å². The van der Waals surface area contributed by atoms with Gasteiger partial charge in [0, 0.05) is 27.8 Å². The predicted octanol–water partition coefficient (Wildman–Crippen LogP) is 14.9. The van der Waals surface area contributed by atoms with Crippen molar-refractivity contribution in [1.29, 1.82) is 0 Å². The first-order valence-corrected chi connectivity index (χ1v) is 20.2. The number of anilines is 3. The molecule has 0 amide bonds. The summed E-state index contributed by atoms with van der Waals surface area (Å²) in [6.07, 6.45) is 2.35. The minimum absolute atomic E-state index is 0.0338. The highest BCUT2D eigenvalue weighted by atomic mass is 15.1. The largest absolute Gasteiger partial charge is 0.310 e. The Balaban J connectivity index is 1.31. The van der Waals surface area contributed by atoms with Gasteiger partial charge in [-0.3, -0.25) is 0 Å². The molecule has 7 aromatic rings. The van der Waals surface area contributed by atoms with Crippen LogP contribution in [0.25, 0.3) is 44.2 Å². The summed E-state index contributed by atoms with van der Waals surface area (Å²) in [4.78, 5) is 2.58. The van der Waals surface area contributed by atoms with Crippen molar-refractivity contribution in [3.05, 3.63) is 173 Å². The fourth-order valence-electron chi connectivity index (χ4n) is 10.7. The van der Waals surface area contributed by atoms with E-state index in [1.54, 1.807) is 0 Å². The Bertz CT molecular complexity index is 2720. The van der Waals surface area contributed by atoms with Crippen LogP contribution in [0.2, 0.25) is 0 Å². The van der Waals surface area contributed by atoms with Crippen LogP contribution in [-0.4, -0.2) is 0 Å². The maximum absolute atomic E-state index is 2.58. The van der Waals surface area contributed by atoms with Crippen molar-refractivity contribution < 1.29 is 0 Å². The van der Waals surface area contributed by atoms with Gasteiger partial charge in [-0.1, -0.05) is 159 Å². The summed E-state index contributed by atoms with van der Waals surface area (Å²) < 4.78 is 0. The number of nitrogens with zero attached hydrogens (tertiary/aromatic N) is 1. The summed E-state index contributed by atoms with van der Waals surface area (Å²) in [6.45, 7) is 19.4. The van der Waals surface area contributed by atoms with E-state index in [9.17, 15) is 0 Å². The van der Waals surface area contributed by atoms with Gasteiger partial charge < -0.3 is 4.90 Å². The molecule has 0 N–H and O–H groups in total. The highest BCUT2D eigenvalue weighted by Crippen LogP contribution is 2.57. The Labute approximate surface area is 327 Å². The zero-order chi connectivity index (χ0) is 38.1. The average molecular weight is 714 g/mol. The highest BCUT2D eigenvalue weighted by Gasteiger charge is 2.42. The molecule has 0 fully saturated rings. The third-order valence-corrected chi connectivity index (χ3v) is 13.9. The molecule has 0 unspecified atom stereocenters. The van der Waals surface area contributed by atoms with E-state index in [-0.39, 0.29) is 21.7 Å². The first-order valence-electron chi connectivity index (χ1n) is 20.2. The van der Waals surface area contributed by atoms with Crippen molar-refractivity contribution in [2.75, 3.05) is 4.90 Å². The second-order valence-electron chi connectivity index (χ2n) is 18.8. The second-order valence-corrected chi connectivity index (χ2v) is 18.8. The molecule has 0 aliphatic heterocycles. The van der Waals surface area contributed by atoms with Crippen molar-refractivity contribution in [3.63, 3.8) is 0 Å². The lowest BCUT2D eigenvalue weighted by Crippen LogP contribution is -2.34. The molecule has 55 heavy (non-hydrogen) atoms. The average Bonchev–Trinajstić information content (AvgIpc) is 3.55. The van der Waals surface area contributed by atoms with Gasteiger partial charge in [0.25, 0.3) is 0 Å². The monoisotopic (exact) mass is 713 g/mol. The lowest BCUT2D eigenvalue weighted by Gasteiger charge is -2.43. The summed E-state index contributed by atoms with van der Waals surface area (Å²) in [6, 6.07) is 53.4. The van der Waals surface area contributed by atoms with Gasteiger partial charge in [0.2, 0.25) is 0 Å². The van der Waals surface area contributed by atoms with Gasteiger partial charge in [-0.15, -0.1) is 0 Å². The molecule has 1 nitrogen and oxygen atoms in total. The van der Waals surface area contributed by atoms with Gasteiger partial charge in [0.05, 0.1) is 5.69 Å². The van der Waals surface area contributed by atoms with Gasteiger partial charge in [0.15, 0.2) is 0 Å². The van der Waals surface area contributed by atoms with Crippen LogP contribution in [0.3, 0.4) is 0 Å². The SMILES string of the molecule is CC1(C)CCC(C)(C)c2c(-c3cc4c(cc3N(c3ccc5c(c3)C(C)(C)c3ccccc3-5)c3ccc5ccccc5c3)C(C)(C)c3ccccc3-4)cccc21. The van der Waals surface area contributed by atoms with Gasteiger partial charge in [-0.25, -0.2) is 0 Å². The third-order valence-electron chi connectivity index (χ3n) is 13.9. The molecule has 0 heterocycles. The van der Waals surface area contributed by atoms with Crippen molar-refractivity contribution in [1.82, 2.24) is 0 Å². The van der Waals surface area contributed by atoms with E-state index in [1.165, 1.54) is 101 Å². The van der Waals surface area contributed by atoms with Crippen LogP contribution in [0.5, 0.6) is 0 Å². The second kappa shape index (κ2) is 11.6. The number of hydrogen-bond acceptors (Lipinski definition) is 1. The molecular formula is C54H51N.